The molecule has 1 heterocycles. The van der Waals surface area contributed by atoms with Crippen molar-refractivity contribution < 1.29 is 32.6 Å². The van der Waals surface area contributed by atoms with E-state index in [9.17, 15) is 27.9 Å². The minimum Gasteiger partial charge on any atom is -0.497 e. The molecule has 1 fully saturated rings. The number of imide groups is 1. The molecule has 206 valence electrons. The summed E-state index contributed by atoms with van der Waals surface area (Å²) in [5.74, 6) is 0.0596. The van der Waals surface area contributed by atoms with E-state index in [1.165, 1.54) is 7.11 Å². The molecule has 0 aliphatic carbocycles. The van der Waals surface area contributed by atoms with Gasteiger partial charge in [-0.1, -0.05) is 19.4 Å². The van der Waals surface area contributed by atoms with E-state index in [0.717, 1.165) is 11.1 Å². The van der Waals surface area contributed by atoms with E-state index in [-0.39, 0.29) is 19.4 Å². The average Bonchev–Trinajstić information content (AvgIpc) is 2.79. The van der Waals surface area contributed by atoms with Crippen LogP contribution in [0.25, 0.3) is 0 Å². The Bertz CT molecular complexity index is 852. The lowest BCUT2D eigenvalue weighted by Gasteiger charge is -2.58. The lowest BCUT2D eigenvalue weighted by Crippen LogP contribution is -2.68. The number of halogens is 3. The normalized spacial score (nSPS) is 24.4. The van der Waals surface area contributed by atoms with Crippen molar-refractivity contribution in [2.75, 3.05) is 34.3 Å². The Kier molecular flexibility index (Phi) is 12.3. The number of rotatable bonds is 10. The number of aliphatic hydroxyl groups is 1. The van der Waals surface area contributed by atoms with Crippen molar-refractivity contribution >= 4 is 12.3 Å². The molecule has 2 rings (SSSR count). The quantitative estimate of drug-likeness (QED) is 0.410. The number of hydrogen-bond donors (Lipinski definition) is 3. The molecule has 0 radical (unpaired) electrons. The summed E-state index contributed by atoms with van der Waals surface area (Å²) in [7, 11) is 5.28. The molecule has 1 aliphatic rings. The molecule has 1 saturated heterocycles. The van der Waals surface area contributed by atoms with E-state index in [4.69, 9.17) is 4.74 Å². The van der Waals surface area contributed by atoms with Crippen LogP contribution in [0, 0.1) is 6.92 Å². The Morgan fingerprint density at radius 3 is 2.50 bits per heavy atom. The van der Waals surface area contributed by atoms with Gasteiger partial charge in [0, 0.05) is 24.3 Å². The first-order valence-electron chi connectivity index (χ1n) is 12.4. The molecule has 10 heteroatoms. The van der Waals surface area contributed by atoms with Crippen molar-refractivity contribution in [3.05, 3.63) is 29.3 Å². The van der Waals surface area contributed by atoms with Crippen LogP contribution in [0.1, 0.15) is 63.5 Å². The smallest absolute Gasteiger partial charge is 0.389 e. The highest BCUT2D eigenvalue weighted by molar-refractivity contribution is 5.87. The average molecular weight is 518 g/mol. The molecule has 1 aromatic carbocycles. The van der Waals surface area contributed by atoms with E-state index in [2.05, 4.69) is 10.6 Å². The number of aryl methyl sites for hydroxylation is 1. The Morgan fingerprint density at radius 2 is 1.97 bits per heavy atom. The highest BCUT2D eigenvalue weighted by Crippen LogP contribution is 2.52. The van der Waals surface area contributed by atoms with Crippen LogP contribution >= 0.6 is 0 Å². The molecule has 0 saturated carbocycles. The predicted octanol–water partition coefficient (Wildman–Crippen LogP) is 3.71. The van der Waals surface area contributed by atoms with Crippen molar-refractivity contribution in [3.8, 4) is 5.75 Å². The van der Waals surface area contributed by atoms with Gasteiger partial charge < -0.3 is 15.2 Å². The Balaban J connectivity index is 0.00000205. The summed E-state index contributed by atoms with van der Waals surface area (Å²) in [4.78, 5) is 25.5. The van der Waals surface area contributed by atoms with Gasteiger partial charge in [0.25, 0.3) is 0 Å². The summed E-state index contributed by atoms with van der Waals surface area (Å²) in [6.45, 7) is 6.23. The molecule has 0 bridgehead atoms. The third-order valence-electron chi connectivity index (χ3n) is 7.07. The molecule has 0 aromatic heterocycles. The molecule has 1 aliphatic heterocycles. The van der Waals surface area contributed by atoms with Gasteiger partial charge in [-0.3, -0.25) is 19.8 Å². The zero-order chi connectivity index (χ0) is 27.6. The number of likely N-dealkylation sites (tertiary alicyclic amines) is 1. The number of nitrogens with zero attached hydrogens (tertiary/aromatic N) is 1. The summed E-state index contributed by atoms with van der Waals surface area (Å²) in [6, 6.07) is 4.97. The van der Waals surface area contributed by atoms with Crippen molar-refractivity contribution in [1.82, 2.24) is 15.5 Å². The van der Waals surface area contributed by atoms with E-state index >= 15 is 0 Å². The topological polar surface area (TPSA) is 90.9 Å². The zero-order valence-electron chi connectivity index (χ0n) is 22.3. The second-order valence-corrected chi connectivity index (χ2v) is 9.48. The maximum absolute atomic E-state index is 12.7. The molecule has 3 N–H and O–H groups in total. The fourth-order valence-corrected chi connectivity index (χ4v) is 5.40. The van der Waals surface area contributed by atoms with Gasteiger partial charge in [-0.25, -0.2) is 0 Å². The Hall–Kier alpha value is -2.17. The first kappa shape index (κ1) is 31.9. The second-order valence-electron chi connectivity index (χ2n) is 9.48. The van der Waals surface area contributed by atoms with E-state index in [1.807, 2.05) is 51.9 Å². The second kappa shape index (κ2) is 13.9. The lowest BCUT2D eigenvalue weighted by atomic mass is 9.56. The summed E-state index contributed by atoms with van der Waals surface area (Å²) >= 11 is 0. The highest BCUT2D eigenvalue weighted by Gasteiger charge is 2.59. The van der Waals surface area contributed by atoms with E-state index in [0.29, 0.717) is 38.0 Å². The summed E-state index contributed by atoms with van der Waals surface area (Å²) in [5.41, 5.74) is -0.854. The largest absolute Gasteiger partial charge is 0.497 e. The van der Waals surface area contributed by atoms with Crippen molar-refractivity contribution in [1.29, 1.82) is 0 Å². The summed E-state index contributed by atoms with van der Waals surface area (Å²) in [5, 5.41) is 17.2. The first-order valence-corrected chi connectivity index (χ1v) is 12.4. The fraction of sp³-hybridized carbons (Fsp3) is 0.692. The summed E-state index contributed by atoms with van der Waals surface area (Å²) < 4.78 is 43.5. The number of benzene rings is 1. The number of piperidine rings is 1. The lowest BCUT2D eigenvalue weighted by molar-refractivity contribution is -0.156. The van der Waals surface area contributed by atoms with Gasteiger partial charge in [-0.05, 0) is 83.6 Å². The van der Waals surface area contributed by atoms with Gasteiger partial charge in [0.2, 0.25) is 12.3 Å². The van der Waals surface area contributed by atoms with Crippen LogP contribution in [0.2, 0.25) is 0 Å². The van der Waals surface area contributed by atoms with Crippen LogP contribution in [0.5, 0.6) is 5.75 Å². The van der Waals surface area contributed by atoms with E-state index in [1.54, 1.807) is 6.07 Å². The summed E-state index contributed by atoms with van der Waals surface area (Å²) in [6.07, 6.45) is -3.68. The minimum atomic E-state index is -4.23. The van der Waals surface area contributed by atoms with Crippen LogP contribution in [-0.4, -0.2) is 74.4 Å². The van der Waals surface area contributed by atoms with Gasteiger partial charge in [0.1, 0.15) is 5.75 Å². The third-order valence-corrected chi connectivity index (χ3v) is 7.07. The molecule has 2 amide bonds. The molecule has 3 atom stereocenters. The molecular weight excluding hydrogens is 475 g/mol. The molecule has 7 nitrogen and oxygen atoms in total. The van der Waals surface area contributed by atoms with Crippen molar-refractivity contribution in [2.24, 2.45) is 0 Å². The minimum absolute atomic E-state index is 0.0626. The number of ether oxygens (including phenoxy) is 1. The van der Waals surface area contributed by atoms with E-state index < -0.39 is 35.6 Å². The SMILES string of the molecule is CCCC1(O)C(C)N(CCCC(F)(F)F)CCC1(CC(=O)NC=O)c1cc(OC)ccc1C.CNC. The molecular formula is C26H42F3N3O4. The van der Waals surface area contributed by atoms with Crippen LogP contribution < -0.4 is 15.4 Å². The van der Waals surface area contributed by atoms with Gasteiger partial charge in [-0.2, -0.15) is 13.2 Å². The number of amides is 2. The number of methoxy groups -OCH3 is 1. The van der Waals surface area contributed by atoms with Crippen LogP contribution in [0.3, 0.4) is 0 Å². The predicted molar refractivity (Wildman–Crippen MR) is 134 cm³/mol. The molecule has 3 unspecified atom stereocenters. The van der Waals surface area contributed by atoms with Crippen LogP contribution in [0.4, 0.5) is 13.2 Å². The third kappa shape index (κ3) is 7.66. The molecule has 0 spiro atoms. The monoisotopic (exact) mass is 517 g/mol. The maximum atomic E-state index is 12.7. The van der Waals surface area contributed by atoms with Gasteiger partial charge in [-0.15, -0.1) is 0 Å². The molecule has 36 heavy (non-hydrogen) atoms. The number of alkyl halides is 3. The number of carbonyl (C=O) groups excluding carboxylic acids is 2. The Labute approximate surface area is 212 Å². The van der Waals surface area contributed by atoms with Crippen LogP contribution in [-0.2, 0) is 15.0 Å². The van der Waals surface area contributed by atoms with Gasteiger partial charge in [0.05, 0.1) is 12.7 Å². The number of nitrogens with one attached hydrogen (secondary N) is 2. The van der Waals surface area contributed by atoms with Gasteiger partial charge >= 0.3 is 6.18 Å². The van der Waals surface area contributed by atoms with Gasteiger partial charge in [0.15, 0.2) is 0 Å². The first-order chi connectivity index (χ1) is 16.9. The standard InChI is InChI=1S/C24H35F3N2O4.C2H7N/c1-5-9-23(32)18(3)29(12-6-10-24(25,26)27)13-11-22(23,15-21(31)28-16-30)20-14-19(33-4)8-7-17(20)2;1-3-2/h7-8,14,16,18,32H,5-6,9-13,15H2,1-4H3,(H,28,30,31);3H,1-2H3. The van der Waals surface area contributed by atoms with Crippen LogP contribution in [0.15, 0.2) is 18.2 Å². The maximum Gasteiger partial charge on any atom is 0.389 e. The van der Waals surface area contributed by atoms with Crippen molar-refractivity contribution in [3.63, 3.8) is 0 Å². The molecule has 1 aromatic rings. The number of hydrogen-bond acceptors (Lipinski definition) is 6. The fourth-order valence-electron chi connectivity index (χ4n) is 5.40. The van der Waals surface area contributed by atoms with Crippen molar-refractivity contribution in [2.45, 2.75) is 82.5 Å². The zero-order valence-corrected chi connectivity index (χ0v) is 22.3. The number of carbonyl (C=O) groups is 2. The highest BCUT2D eigenvalue weighted by atomic mass is 19.4. The Morgan fingerprint density at radius 1 is 1.33 bits per heavy atom.